The first-order chi connectivity index (χ1) is 9.38. The van der Waals surface area contributed by atoms with Crippen LogP contribution in [0.2, 0.25) is 0 Å². The van der Waals surface area contributed by atoms with Crippen LogP contribution in [0.4, 0.5) is 26.3 Å². The van der Waals surface area contributed by atoms with E-state index in [1.807, 2.05) is 13.8 Å². The van der Waals surface area contributed by atoms with Gasteiger partial charge in [-0.25, -0.2) is 0 Å². The van der Waals surface area contributed by atoms with E-state index in [9.17, 15) is 26.3 Å². The van der Waals surface area contributed by atoms with Gasteiger partial charge in [0.1, 0.15) is 0 Å². The van der Waals surface area contributed by atoms with Crippen LogP contribution in [0, 0.1) is 23.7 Å². The Labute approximate surface area is 118 Å². The second-order valence-corrected chi connectivity index (χ2v) is 6.32. The van der Waals surface area contributed by atoms with Gasteiger partial charge in [0.25, 0.3) is 5.60 Å². The maximum Gasteiger partial charge on any atom is 0.428 e. The van der Waals surface area contributed by atoms with E-state index in [-0.39, 0.29) is 17.8 Å². The Hall–Kier alpha value is -0.500. The Kier molecular flexibility index (Phi) is 4.02. The highest BCUT2D eigenvalue weighted by molar-refractivity contribution is 5.00. The summed E-state index contributed by atoms with van der Waals surface area (Å²) in [6, 6.07) is 0. The number of ether oxygens (including phenoxy) is 1. The first-order valence-corrected chi connectivity index (χ1v) is 6.86. The molecule has 8 heteroatoms. The molecule has 2 fully saturated rings. The van der Waals surface area contributed by atoms with E-state index in [1.54, 1.807) is 0 Å². The van der Waals surface area contributed by atoms with E-state index in [0.717, 1.165) is 6.42 Å². The standard InChI is InChI=1S/C13H18F6O2/c1-6-7(2)9-3-8(6)4-10(9)21-5-11(20,12(14,15)16)13(17,18)19/h6-10,20H,3-5H2,1-2H3. The minimum atomic E-state index is -5.82. The van der Waals surface area contributed by atoms with E-state index in [4.69, 9.17) is 9.84 Å². The van der Waals surface area contributed by atoms with Gasteiger partial charge < -0.3 is 9.84 Å². The fourth-order valence-corrected chi connectivity index (χ4v) is 3.62. The molecule has 0 saturated heterocycles. The predicted octanol–water partition coefficient (Wildman–Crippen LogP) is 3.54. The molecule has 0 spiro atoms. The Morgan fingerprint density at radius 1 is 0.952 bits per heavy atom. The van der Waals surface area contributed by atoms with Gasteiger partial charge in [0.15, 0.2) is 0 Å². The van der Waals surface area contributed by atoms with Crippen molar-refractivity contribution in [1.29, 1.82) is 0 Å². The molecule has 2 bridgehead atoms. The first-order valence-electron chi connectivity index (χ1n) is 6.86. The molecule has 0 amide bonds. The van der Waals surface area contributed by atoms with Crippen LogP contribution in [0.3, 0.4) is 0 Å². The van der Waals surface area contributed by atoms with Crippen LogP contribution in [0.1, 0.15) is 26.7 Å². The number of hydrogen-bond donors (Lipinski definition) is 1. The average Bonchev–Trinajstić information content (AvgIpc) is 2.84. The molecule has 2 aliphatic carbocycles. The second-order valence-electron chi connectivity index (χ2n) is 6.32. The molecule has 0 aromatic carbocycles. The van der Waals surface area contributed by atoms with Crippen LogP contribution in [0.5, 0.6) is 0 Å². The molecule has 0 heterocycles. The summed E-state index contributed by atoms with van der Waals surface area (Å²) in [5, 5.41) is 9.06. The molecule has 5 atom stereocenters. The lowest BCUT2D eigenvalue weighted by molar-refractivity contribution is -0.380. The third-order valence-electron chi connectivity index (χ3n) is 5.28. The van der Waals surface area contributed by atoms with Gasteiger partial charge in [0.05, 0.1) is 12.7 Å². The van der Waals surface area contributed by atoms with Crippen LogP contribution in [0.25, 0.3) is 0 Å². The van der Waals surface area contributed by atoms with Gasteiger partial charge in [-0.15, -0.1) is 0 Å². The average molecular weight is 320 g/mol. The summed E-state index contributed by atoms with van der Waals surface area (Å²) in [5.74, 6) is 0.855. The molecule has 0 aromatic heterocycles. The van der Waals surface area contributed by atoms with Gasteiger partial charge in [-0.2, -0.15) is 26.3 Å². The van der Waals surface area contributed by atoms with Gasteiger partial charge in [0.2, 0.25) is 0 Å². The Morgan fingerprint density at radius 3 is 1.86 bits per heavy atom. The summed E-state index contributed by atoms with van der Waals surface area (Å²) < 4.78 is 80.2. The molecule has 2 aliphatic rings. The maximum atomic E-state index is 12.6. The van der Waals surface area contributed by atoms with Crippen molar-refractivity contribution >= 4 is 0 Å². The van der Waals surface area contributed by atoms with Crippen molar-refractivity contribution in [3.8, 4) is 0 Å². The topological polar surface area (TPSA) is 29.5 Å². The zero-order chi connectivity index (χ0) is 16.2. The predicted molar refractivity (Wildman–Crippen MR) is 61.3 cm³/mol. The molecule has 21 heavy (non-hydrogen) atoms. The van der Waals surface area contributed by atoms with Gasteiger partial charge in [-0.05, 0) is 36.5 Å². The molecular formula is C13H18F6O2. The minimum absolute atomic E-state index is 0.0317. The van der Waals surface area contributed by atoms with Crippen LogP contribution in [-0.2, 0) is 4.74 Å². The zero-order valence-corrected chi connectivity index (χ0v) is 11.6. The van der Waals surface area contributed by atoms with Crippen molar-refractivity contribution in [1.82, 2.24) is 0 Å². The first kappa shape index (κ1) is 16.9. The van der Waals surface area contributed by atoms with Gasteiger partial charge in [-0.3, -0.25) is 0 Å². The van der Waals surface area contributed by atoms with Gasteiger partial charge in [0, 0.05) is 0 Å². The van der Waals surface area contributed by atoms with Crippen molar-refractivity contribution in [3.63, 3.8) is 0 Å². The number of aliphatic hydroxyl groups is 1. The molecule has 0 radical (unpaired) electrons. The van der Waals surface area contributed by atoms with Gasteiger partial charge >= 0.3 is 12.4 Å². The number of fused-ring (bicyclic) bond motifs is 2. The molecule has 1 N–H and O–H groups in total. The van der Waals surface area contributed by atoms with E-state index in [0.29, 0.717) is 12.3 Å². The van der Waals surface area contributed by atoms with Crippen LogP contribution < -0.4 is 0 Å². The molecular weight excluding hydrogens is 302 g/mol. The number of rotatable bonds is 3. The molecule has 5 unspecified atom stereocenters. The number of alkyl halides is 6. The van der Waals surface area contributed by atoms with Crippen molar-refractivity contribution in [3.05, 3.63) is 0 Å². The van der Waals surface area contributed by atoms with Crippen LogP contribution in [0.15, 0.2) is 0 Å². The third kappa shape index (κ3) is 2.65. The molecule has 0 aromatic rings. The second kappa shape index (κ2) is 5.01. The summed E-state index contributed by atoms with van der Waals surface area (Å²) in [6.07, 6.45) is -11.0. The van der Waals surface area contributed by atoms with E-state index >= 15 is 0 Å². The fourth-order valence-electron chi connectivity index (χ4n) is 3.62. The van der Waals surface area contributed by atoms with Crippen LogP contribution in [-0.4, -0.2) is 35.8 Å². The maximum absolute atomic E-state index is 12.6. The lowest BCUT2D eigenvalue weighted by atomic mass is 9.80. The van der Waals surface area contributed by atoms with Crippen molar-refractivity contribution in [2.75, 3.05) is 6.61 Å². The summed E-state index contributed by atoms with van der Waals surface area (Å²) in [4.78, 5) is 0. The number of hydrogen-bond acceptors (Lipinski definition) is 2. The Balaban J connectivity index is 2.05. The Morgan fingerprint density at radius 2 is 1.48 bits per heavy atom. The highest BCUT2D eigenvalue weighted by Gasteiger charge is 2.71. The Bertz CT molecular complexity index is 375. The van der Waals surface area contributed by atoms with Crippen molar-refractivity contribution in [2.24, 2.45) is 23.7 Å². The highest BCUT2D eigenvalue weighted by atomic mass is 19.4. The lowest BCUT2D eigenvalue weighted by Crippen LogP contribution is -2.60. The number of halogens is 6. The quantitative estimate of drug-likeness (QED) is 0.806. The third-order valence-corrected chi connectivity index (χ3v) is 5.28. The SMILES string of the molecule is CC1C2CC(OCC(O)(C(F)(F)F)C(F)(F)F)C(C2)C1C. The minimum Gasteiger partial charge on any atom is -0.374 e. The largest absolute Gasteiger partial charge is 0.428 e. The zero-order valence-electron chi connectivity index (χ0n) is 11.6. The molecule has 124 valence electrons. The van der Waals surface area contributed by atoms with E-state index < -0.39 is 30.7 Å². The molecule has 0 aliphatic heterocycles. The summed E-state index contributed by atoms with van der Waals surface area (Å²) in [6.45, 7) is 2.17. The summed E-state index contributed by atoms with van der Waals surface area (Å²) in [5.41, 5.74) is -4.81. The summed E-state index contributed by atoms with van der Waals surface area (Å²) >= 11 is 0. The highest BCUT2D eigenvalue weighted by Crippen LogP contribution is 2.53. The summed E-state index contributed by atoms with van der Waals surface area (Å²) in [7, 11) is 0. The van der Waals surface area contributed by atoms with Crippen molar-refractivity contribution in [2.45, 2.75) is 50.7 Å². The van der Waals surface area contributed by atoms with Gasteiger partial charge in [-0.1, -0.05) is 13.8 Å². The molecule has 2 nitrogen and oxygen atoms in total. The molecule has 2 rings (SSSR count). The normalized spacial score (nSPS) is 37.3. The fraction of sp³-hybridized carbons (Fsp3) is 1.00. The monoisotopic (exact) mass is 320 g/mol. The lowest BCUT2D eigenvalue weighted by Gasteiger charge is -2.36. The van der Waals surface area contributed by atoms with E-state index in [2.05, 4.69) is 0 Å². The molecule has 2 saturated carbocycles. The smallest absolute Gasteiger partial charge is 0.374 e. The van der Waals surface area contributed by atoms with E-state index in [1.165, 1.54) is 0 Å². The van der Waals surface area contributed by atoms with Crippen LogP contribution >= 0.6 is 0 Å². The van der Waals surface area contributed by atoms with Crippen molar-refractivity contribution < 1.29 is 36.2 Å².